The van der Waals surface area contributed by atoms with Gasteiger partial charge in [-0.05, 0) is 43.7 Å². The summed E-state index contributed by atoms with van der Waals surface area (Å²) in [5.41, 5.74) is 0.419. The van der Waals surface area contributed by atoms with Crippen molar-refractivity contribution in [2.75, 3.05) is 5.32 Å². The van der Waals surface area contributed by atoms with Crippen LogP contribution in [0.2, 0.25) is 10.0 Å². The lowest BCUT2D eigenvalue weighted by atomic mass is 10.2. The zero-order valence-corrected chi connectivity index (χ0v) is 15.9. The second-order valence-electron chi connectivity index (χ2n) is 5.55. The molecule has 0 radical (unpaired) electrons. The van der Waals surface area contributed by atoms with E-state index in [2.05, 4.69) is 5.32 Å². The SMILES string of the molecule is CC[C@@H](Oc1ccccc1)C(=O)O[C@H](C)C(=O)Nc1cc(Cl)cc(Cl)c1. The maximum Gasteiger partial charge on any atom is 0.348 e. The van der Waals surface area contributed by atoms with Crippen LogP contribution in [0.3, 0.4) is 0 Å². The van der Waals surface area contributed by atoms with Gasteiger partial charge in [-0.1, -0.05) is 48.3 Å². The summed E-state index contributed by atoms with van der Waals surface area (Å²) in [7, 11) is 0. The molecule has 0 fully saturated rings. The smallest absolute Gasteiger partial charge is 0.348 e. The lowest BCUT2D eigenvalue weighted by molar-refractivity contribution is -0.160. The molecule has 0 aliphatic carbocycles. The van der Waals surface area contributed by atoms with Crippen molar-refractivity contribution in [3.05, 3.63) is 58.6 Å². The van der Waals surface area contributed by atoms with Crippen molar-refractivity contribution < 1.29 is 19.1 Å². The van der Waals surface area contributed by atoms with Crippen molar-refractivity contribution in [2.45, 2.75) is 32.5 Å². The highest BCUT2D eigenvalue weighted by molar-refractivity contribution is 6.35. The molecule has 0 saturated heterocycles. The van der Waals surface area contributed by atoms with Gasteiger partial charge in [0, 0.05) is 15.7 Å². The van der Waals surface area contributed by atoms with Crippen LogP contribution >= 0.6 is 23.2 Å². The third-order valence-corrected chi connectivity index (χ3v) is 3.88. The number of esters is 1. The zero-order chi connectivity index (χ0) is 19.1. The minimum atomic E-state index is -1.01. The molecule has 0 aromatic heterocycles. The van der Waals surface area contributed by atoms with Crippen LogP contribution in [0.1, 0.15) is 20.3 Å². The fourth-order valence-electron chi connectivity index (χ4n) is 2.13. The number of hydrogen-bond donors (Lipinski definition) is 1. The monoisotopic (exact) mass is 395 g/mol. The first-order valence-corrected chi connectivity index (χ1v) is 8.83. The number of carbonyl (C=O) groups is 2. The van der Waals surface area contributed by atoms with Crippen LogP contribution in [0.5, 0.6) is 5.75 Å². The fourth-order valence-corrected chi connectivity index (χ4v) is 2.66. The summed E-state index contributed by atoms with van der Waals surface area (Å²) < 4.78 is 10.8. The van der Waals surface area contributed by atoms with E-state index in [1.165, 1.54) is 6.92 Å². The first-order chi connectivity index (χ1) is 12.4. The van der Waals surface area contributed by atoms with E-state index < -0.39 is 24.1 Å². The van der Waals surface area contributed by atoms with Gasteiger partial charge in [0.15, 0.2) is 12.2 Å². The summed E-state index contributed by atoms with van der Waals surface area (Å²) in [5, 5.41) is 3.39. The average molecular weight is 396 g/mol. The number of anilines is 1. The molecule has 0 aliphatic rings. The van der Waals surface area contributed by atoms with E-state index in [4.69, 9.17) is 32.7 Å². The summed E-state index contributed by atoms with van der Waals surface area (Å²) in [6.07, 6.45) is -1.40. The molecule has 2 atom stereocenters. The quantitative estimate of drug-likeness (QED) is 0.688. The first kappa shape index (κ1) is 20.1. The summed E-state index contributed by atoms with van der Waals surface area (Å²) in [6, 6.07) is 13.6. The van der Waals surface area contributed by atoms with Gasteiger partial charge in [-0.15, -0.1) is 0 Å². The molecule has 0 unspecified atom stereocenters. The Bertz CT molecular complexity index is 747. The van der Waals surface area contributed by atoms with Crippen LogP contribution in [-0.2, 0) is 14.3 Å². The second kappa shape index (κ2) is 9.46. The van der Waals surface area contributed by atoms with Crippen LogP contribution < -0.4 is 10.1 Å². The molecular formula is C19H19Cl2NO4. The Morgan fingerprint density at radius 1 is 1.08 bits per heavy atom. The van der Waals surface area contributed by atoms with E-state index in [1.807, 2.05) is 6.07 Å². The van der Waals surface area contributed by atoms with Gasteiger partial charge in [-0.3, -0.25) is 4.79 Å². The van der Waals surface area contributed by atoms with Crippen molar-refractivity contribution >= 4 is 40.8 Å². The first-order valence-electron chi connectivity index (χ1n) is 8.08. The van der Waals surface area contributed by atoms with E-state index in [0.29, 0.717) is 27.9 Å². The van der Waals surface area contributed by atoms with Crippen LogP contribution in [0.15, 0.2) is 48.5 Å². The Morgan fingerprint density at radius 2 is 1.69 bits per heavy atom. The summed E-state index contributed by atoms with van der Waals surface area (Å²) in [6.45, 7) is 3.28. The minimum Gasteiger partial charge on any atom is -0.479 e. The zero-order valence-electron chi connectivity index (χ0n) is 14.4. The number of halogens is 2. The maximum atomic E-state index is 12.3. The summed E-state index contributed by atoms with van der Waals surface area (Å²) in [4.78, 5) is 24.5. The van der Waals surface area contributed by atoms with Gasteiger partial charge >= 0.3 is 5.97 Å². The van der Waals surface area contributed by atoms with Gasteiger partial charge in [0.1, 0.15) is 5.75 Å². The molecule has 2 aromatic carbocycles. The van der Waals surface area contributed by atoms with Gasteiger partial charge in [0.25, 0.3) is 5.91 Å². The molecule has 26 heavy (non-hydrogen) atoms. The number of carbonyl (C=O) groups excluding carboxylic acids is 2. The molecule has 0 spiro atoms. The molecule has 1 amide bonds. The van der Waals surface area contributed by atoms with Crippen molar-refractivity contribution in [3.8, 4) is 5.75 Å². The van der Waals surface area contributed by atoms with E-state index in [0.717, 1.165) is 0 Å². The predicted molar refractivity (Wildman–Crippen MR) is 102 cm³/mol. The molecule has 0 bridgehead atoms. The van der Waals surface area contributed by atoms with Crippen molar-refractivity contribution in [1.82, 2.24) is 0 Å². The van der Waals surface area contributed by atoms with Crippen molar-refractivity contribution in [1.29, 1.82) is 0 Å². The van der Waals surface area contributed by atoms with Crippen molar-refractivity contribution in [2.24, 2.45) is 0 Å². The lowest BCUT2D eigenvalue weighted by Crippen LogP contribution is -2.36. The minimum absolute atomic E-state index is 0.389. The van der Waals surface area contributed by atoms with E-state index in [9.17, 15) is 9.59 Å². The third-order valence-electron chi connectivity index (χ3n) is 3.45. The van der Waals surface area contributed by atoms with E-state index in [-0.39, 0.29) is 0 Å². The Morgan fingerprint density at radius 3 is 2.27 bits per heavy atom. The molecule has 2 rings (SSSR count). The van der Waals surface area contributed by atoms with E-state index in [1.54, 1.807) is 49.4 Å². The Labute approximate surface area is 162 Å². The normalized spacial score (nSPS) is 12.8. The molecular weight excluding hydrogens is 377 g/mol. The number of benzene rings is 2. The number of amides is 1. The van der Waals surface area contributed by atoms with Crippen LogP contribution in [0.25, 0.3) is 0 Å². The number of rotatable bonds is 7. The van der Waals surface area contributed by atoms with Crippen LogP contribution in [0.4, 0.5) is 5.69 Å². The summed E-state index contributed by atoms with van der Waals surface area (Å²) >= 11 is 11.8. The standard InChI is InChI=1S/C19H19Cl2NO4/c1-3-17(26-16-7-5-4-6-8-16)19(24)25-12(2)18(23)22-15-10-13(20)9-14(21)11-15/h4-12,17H,3H2,1-2H3,(H,22,23)/t12-,17-/m1/s1. The highest BCUT2D eigenvalue weighted by Crippen LogP contribution is 2.22. The van der Waals surface area contributed by atoms with Crippen LogP contribution in [-0.4, -0.2) is 24.1 Å². The van der Waals surface area contributed by atoms with Gasteiger partial charge in [0.05, 0.1) is 0 Å². The molecule has 0 saturated carbocycles. The van der Waals surface area contributed by atoms with Gasteiger partial charge in [-0.25, -0.2) is 4.79 Å². The van der Waals surface area contributed by atoms with Gasteiger partial charge in [-0.2, -0.15) is 0 Å². The molecule has 0 heterocycles. The third kappa shape index (κ3) is 5.93. The number of ether oxygens (including phenoxy) is 2. The van der Waals surface area contributed by atoms with E-state index >= 15 is 0 Å². The fraction of sp³-hybridized carbons (Fsp3) is 0.263. The largest absolute Gasteiger partial charge is 0.479 e. The molecule has 1 N–H and O–H groups in total. The lowest BCUT2D eigenvalue weighted by Gasteiger charge is -2.19. The molecule has 2 aromatic rings. The van der Waals surface area contributed by atoms with Gasteiger partial charge in [0.2, 0.25) is 0 Å². The topological polar surface area (TPSA) is 64.6 Å². The molecule has 0 aliphatic heterocycles. The number of hydrogen-bond acceptors (Lipinski definition) is 4. The second-order valence-corrected chi connectivity index (χ2v) is 6.43. The van der Waals surface area contributed by atoms with Crippen LogP contribution in [0, 0.1) is 0 Å². The molecule has 5 nitrogen and oxygen atoms in total. The molecule has 138 valence electrons. The Balaban J connectivity index is 1.94. The Kier molecular flexibility index (Phi) is 7.30. The number of para-hydroxylation sites is 1. The Hall–Kier alpha value is -2.24. The predicted octanol–water partition coefficient (Wildman–Crippen LogP) is 4.72. The van der Waals surface area contributed by atoms with Gasteiger partial charge < -0.3 is 14.8 Å². The highest BCUT2D eigenvalue weighted by Gasteiger charge is 2.25. The summed E-state index contributed by atoms with van der Waals surface area (Å²) in [5.74, 6) is -0.545. The van der Waals surface area contributed by atoms with Crippen molar-refractivity contribution in [3.63, 3.8) is 0 Å². The highest BCUT2D eigenvalue weighted by atomic mass is 35.5. The average Bonchev–Trinajstić information content (AvgIpc) is 2.59. The maximum absolute atomic E-state index is 12.3. The molecule has 7 heteroatoms. The number of nitrogens with one attached hydrogen (secondary N) is 1.